The molecule has 206 valence electrons. The van der Waals surface area contributed by atoms with Gasteiger partial charge in [-0.15, -0.1) is 6.58 Å². The number of carboxylic acid groups (broad SMARTS) is 1. The van der Waals surface area contributed by atoms with Crippen LogP contribution in [0.15, 0.2) is 48.6 Å². The zero-order chi connectivity index (χ0) is 28.5. The van der Waals surface area contributed by atoms with Crippen molar-refractivity contribution in [2.75, 3.05) is 27.4 Å². The number of rotatable bonds is 13. The summed E-state index contributed by atoms with van der Waals surface area (Å²) in [7, 11) is 2.87. The molecular formula is C28H30N2O9. The van der Waals surface area contributed by atoms with Gasteiger partial charge in [-0.2, -0.15) is 0 Å². The van der Waals surface area contributed by atoms with E-state index in [-0.39, 0.29) is 23.6 Å². The lowest BCUT2D eigenvalue weighted by atomic mass is 10.0. The molecule has 1 fully saturated rings. The van der Waals surface area contributed by atoms with E-state index in [0.29, 0.717) is 41.2 Å². The maximum absolute atomic E-state index is 13.3. The van der Waals surface area contributed by atoms with E-state index in [1.807, 2.05) is 6.92 Å². The van der Waals surface area contributed by atoms with Crippen LogP contribution in [0.25, 0.3) is 6.08 Å². The number of nitrogens with one attached hydrogen (secondary N) is 1. The number of barbiturate groups is 1. The highest BCUT2D eigenvalue weighted by Gasteiger charge is 2.36. The Labute approximate surface area is 225 Å². The van der Waals surface area contributed by atoms with Crippen molar-refractivity contribution < 1.29 is 43.2 Å². The standard InChI is InChI=1S/C28H30N2O9/c1-5-7-19-11-18(14-23(37-4)25(19)39-16-24(31)32)12-20-26(33)29-28(35)30(27(20)34)15-17-8-9-21(38-10-6-2)22(13-17)36-3/h5,8-9,11-14H,1,6-7,10,15-16H2,2-4H3,(H,31,32)(H,29,33,35)/b20-12+. The van der Waals surface area contributed by atoms with E-state index < -0.39 is 30.4 Å². The van der Waals surface area contributed by atoms with Crippen LogP contribution in [0.4, 0.5) is 4.79 Å². The second-order valence-corrected chi connectivity index (χ2v) is 8.43. The number of imide groups is 2. The van der Waals surface area contributed by atoms with E-state index >= 15 is 0 Å². The van der Waals surface area contributed by atoms with E-state index in [0.717, 1.165) is 11.3 Å². The van der Waals surface area contributed by atoms with Crippen molar-refractivity contribution in [2.45, 2.75) is 26.3 Å². The molecule has 0 aliphatic carbocycles. The number of benzene rings is 2. The molecule has 0 saturated carbocycles. The van der Waals surface area contributed by atoms with E-state index in [9.17, 15) is 19.2 Å². The van der Waals surface area contributed by atoms with Crippen molar-refractivity contribution in [2.24, 2.45) is 0 Å². The lowest BCUT2D eigenvalue weighted by Crippen LogP contribution is -2.53. The van der Waals surface area contributed by atoms with Gasteiger partial charge in [-0.05, 0) is 54.3 Å². The van der Waals surface area contributed by atoms with Crippen molar-refractivity contribution in [1.82, 2.24) is 10.2 Å². The van der Waals surface area contributed by atoms with Crippen LogP contribution in [0, 0.1) is 0 Å². The van der Waals surface area contributed by atoms with E-state index in [1.165, 1.54) is 26.4 Å². The zero-order valence-electron chi connectivity index (χ0n) is 21.9. The van der Waals surface area contributed by atoms with Gasteiger partial charge in [0.15, 0.2) is 29.6 Å². The number of amides is 4. The first-order chi connectivity index (χ1) is 18.7. The smallest absolute Gasteiger partial charge is 0.341 e. The van der Waals surface area contributed by atoms with Crippen LogP contribution in [0.3, 0.4) is 0 Å². The quantitative estimate of drug-likeness (QED) is 0.223. The van der Waals surface area contributed by atoms with Gasteiger partial charge >= 0.3 is 12.0 Å². The summed E-state index contributed by atoms with van der Waals surface area (Å²) in [5, 5.41) is 11.2. The van der Waals surface area contributed by atoms with Crippen molar-refractivity contribution in [3.63, 3.8) is 0 Å². The second-order valence-electron chi connectivity index (χ2n) is 8.43. The van der Waals surface area contributed by atoms with E-state index in [2.05, 4.69) is 11.9 Å². The molecule has 4 amide bonds. The summed E-state index contributed by atoms with van der Waals surface area (Å²) in [4.78, 5) is 50.5. The van der Waals surface area contributed by atoms with Gasteiger partial charge in [0.25, 0.3) is 11.8 Å². The highest BCUT2D eigenvalue weighted by molar-refractivity contribution is 6.31. The maximum Gasteiger partial charge on any atom is 0.341 e. The molecule has 0 atom stereocenters. The summed E-state index contributed by atoms with van der Waals surface area (Å²) in [5.41, 5.74) is 1.25. The predicted octanol–water partition coefficient (Wildman–Crippen LogP) is 3.35. The number of urea groups is 1. The summed E-state index contributed by atoms with van der Waals surface area (Å²) in [6.45, 7) is 5.48. The highest BCUT2D eigenvalue weighted by atomic mass is 16.5. The first-order valence-electron chi connectivity index (χ1n) is 12.1. The molecule has 1 heterocycles. The molecule has 0 bridgehead atoms. The average molecular weight is 539 g/mol. The van der Waals surface area contributed by atoms with Gasteiger partial charge in [0.1, 0.15) is 5.57 Å². The van der Waals surface area contributed by atoms with Gasteiger partial charge < -0.3 is 24.1 Å². The van der Waals surface area contributed by atoms with Crippen LogP contribution >= 0.6 is 0 Å². The number of carbonyl (C=O) groups excluding carboxylic acids is 3. The summed E-state index contributed by atoms with van der Waals surface area (Å²) in [5.74, 6) is -1.40. The third-order valence-electron chi connectivity index (χ3n) is 5.61. The monoisotopic (exact) mass is 538 g/mol. The zero-order valence-corrected chi connectivity index (χ0v) is 21.9. The molecular weight excluding hydrogens is 508 g/mol. The fourth-order valence-electron chi connectivity index (χ4n) is 3.85. The summed E-state index contributed by atoms with van der Waals surface area (Å²) < 4.78 is 21.8. The lowest BCUT2D eigenvalue weighted by molar-refractivity contribution is -0.139. The van der Waals surface area contributed by atoms with Gasteiger partial charge in [-0.25, -0.2) is 9.59 Å². The van der Waals surface area contributed by atoms with Crippen LogP contribution in [0.5, 0.6) is 23.0 Å². The van der Waals surface area contributed by atoms with Gasteiger partial charge in [0, 0.05) is 5.56 Å². The van der Waals surface area contributed by atoms with Crippen LogP contribution in [0.2, 0.25) is 0 Å². The first-order valence-corrected chi connectivity index (χ1v) is 12.1. The SMILES string of the molecule is C=CCc1cc(/C=C2\C(=O)NC(=O)N(Cc3ccc(OCCC)c(OC)c3)C2=O)cc(OC)c1OCC(=O)O. The molecule has 2 aromatic rings. The lowest BCUT2D eigenvalue weighted by Gasteiger charge is -2.26. The maximum atomic E-state index is 13.3. The van der Waals surface area contributed by atoms with Gasteiger partial charge in [-0.1, -0.05) is 19.1 Å². The van der Waals surface area contributed by atoms with Crippen molar-refractivity contribution in [3.8, 4) is 23.0 Å². The predicted molar refractivity (Wildman–Crippen MR) is 141 cm³/mol. The normalized spacial score (nSPS) is 14.2. The molecule has 11 nitrogen and oxygen atoms in total. The third kappa shape index (κ3) is 6.95. The number of allylic oxidation sites excluding steroid dienone is 1. The molecule has 0 spiro atoms. The summed E-state index contributed by atoms with van der Waals surface area (Å²) >= 11 is 0. The number of methoxy groups -OCH3 is 2. The third-order valence-corrected chi connectivity index (χ3v) is 5.61. The highest BCUT2D eigenvalue weighted by Crippen LogP contribution is 2.35. The molecule has 0 unspecified atom stereocenters. The molecule has 0 aromatic heterocycles. The number of carboxylic acids is 1. The number of aliphatic carboxylic acids is 1. The minimum atomic E-state index is -1.16. The Morgan fingerprint density at radius 1 is 1.05 bits per heavy atom. The largest absolute Gasteiger partial charge is 0.493 e. The molecule has 1 aliphatic rings. The minimum Gasteiger partial charge on any atom is -0.493 e. The first kappa shape index (κ1) is 28.8. The van der Waals surface area contributed by atoms with Crippen LogP contribution < -0.4 is 24.3 Å². The fraction of sp³-hybridized carbons (Fsp3) is 0.286. The molecule has 3 rings (SSSR count). The van der Waals surface area contributed by atoms with Crippen LogP contribution in [-0.2, 0) is 27.3 Å². The number of nitrogens with zero attached hydrogens (tertiary/aromatic N) is 1. The Morgan fingerprint density at radius 3 is 2.44 bits per heavy atom. The number of carbonyl (C=O) groups is 4. The van der Waals surface area contributed by atoms with E-state index in [4.69, 9.17) is 24.1 Å². The second kappa shape index (κ2) is 13.1. The molecule has 11 heteroatoms. The van der Waals surface area contributed by atoms with Gasteiger partial charge in [0.2, 0.25) is 0 Å². The van der Waals surface area contributed by atoms with Crippen molar-refractivity contribution in [1.29, 1.82) is 0 Å². The van der Waals surface area contributed by atoms with E-state index in [1.54, 1.807) is 30.3 Å². The minimum absolute atomic E-state index is 0.118. The number of ether oxygens (including phenoxy) is 4. The van der Waals surface area contributed by atoms with Crippen LogP contribution in [0.1, 0.15) is 30.0 Å². The molecule has 1 aliphatic heterocycles. The molecule has 0 radical (unpaired) electrons. The van der Waals surface area contributed by atoms with Crippen LogP contribution in [-0.4, -0.2) is 61.3 Å². The number of hydrogen-bond acceptors (Lipinski definition) is 8. The molecule has 39 heavy (non-hydrogen) atoms. The Bertz CT molecular complexity index is 1320. The topological polar surface area (TPSA) is 141 Å². The Morgan fingerprint density at radius 2 is 1.79 bits per heavy atom. The Hall–Kier alpha value is -4.80. The number of hydrogen-bond donors (Lipinski definition) is 2. The van der Waals surface area contributed by atoms with Crippen molar-refractivity contribution in [3.05, 3.63) is 65.3 Å². The Balaban J connectivity index is 1.94. The molecule has 2 aromatic carbocycles. The fourth-order valence-corrected chi connectivity index (χ4v) is 3.85. The summed E-state index contributed by atoms with van der Waals surface area (Å²) in [6, 6.07) is 7.33. The van der Waals surface area contributed by atoms with Gasteiger partial charge in [-0.3, -0.25) is 19.8 Å². The molecule has 2 N–H and O–H groups in total. The van der Waals surface area contributed by atoms with Gasteiger partial charge in [0.05, 0.1) is 27.4 Å². The Kier molecular flexibility index (Phi) is 9.69. The van der Waals surface area contributed by atoms with Crippen molar-refractivity contribution >= 4 is 29.9 Å². The molecule has 1 saturated heterocycles. The average Bonchev–Trinajstić information content (AvgIpc) is 2.91. The summed E-state index contributed by atoms with van der Waals surface area (Å²) in [6.07, 6.45) is 4.03.